The zero-order chi connectivity index (χ0) is 14.8. The molecule has 21 heavy (non-hydrogen) atoms. The van der Waals surface area contributed by atoms with Crippen LogP contribution in [0.2, 0.25) is 0 Å². The van der Waals surface area contributed by atoms with Crippen molar-refractivity contribution in [2.75, 3.05) is 6.54 Å². The number of hydrogen-bond acceptors (Lipinski definition) is 5. The zero-order valence-corrected chi connectivity index (χ0v) is 11.8. The van der Waals surface area contributed by atoms with E-state index in [9.17, 15) is 10.1 Å². The molecule has 1 aliphatic rings. The third kappa shape index (κ3) is 3.25. The lowest BCUT2D eigenvalue weighted by Crippen LogP contribution is -2.16. The molecular formula is C14H17N5O2. The minimum absolute atomic E-state index is 0.116. The van der Waals surface area contributed by atoms with Crippen LogP contribution in [0, 0.1) is 23.0 Å². The number of hydrogen-bond donors (Lipinski definition) is 1. The summed E-state index contributed by atoms with van der Waals surface area (Å²) in [6, 6.07) is 4.92. The number of nitrogens with one attached hydrogen (secondary N) is 1. The van der Waals surface area contributed by atoms with Crippen molar-refractivity contribution in [3.05, 3.63) is 45.8 Å². The van der Waals surface area contributed by atoms with Crippen molar-refractivity contribution in [2.24, 2.45) is 5.92 Å². The van der Waals surface area contributed by atoms with E-state index in [1.54, 1.807) is 23.7 Å². The van der Waals surface area contributed by atoms with Crippen LogP contribution in [0.15, 0.2) is 24.4 Å². The van der Waals surface area contributed by atoms with Gasteiger partial charge in [0.15, 0.2) is 0 Å². The van der Waals surface area contributed by atoms with Gasteiger partial charge in [-0.25, -0.2) is 4.68 Å². The minimum Gasteiger partial charge on any atom is -0.311 e. The van der Waals surface area contributed by atoms with Crippen molar-refractivity contribution in [1.29, 1.82) is 0 Å². The number of benzene rings is 1. The van der Waals surface area contributed by atoms with Gasteiger partial charge in [0, 0.05) is 18.2 Å². The van der Waals surface area contributed by atoms with Crippen LogP contribution >= 0.6 is 0 Å². The molecule has 0 aliphatic heterocycles. The average molecular weight is 287 g/mol. The number of nitro benzene ring substituents is 1. The Morgan fingerprint density at radius 1 is 1.48 bits per heavy atom. The van der Waals surface area contributed by atoms with Crippen molar-refractivity contribution in [3.8, 4) is 5.69 Å². The fourth-order valence-electron chi connectivity index (χ4n) is 2.22. The second-order valence-corrected chi connectivity index (χ2v) is 5.46. The number of aryl methyl sites for hydroxylation is 1. The SMILES string of the molecule is Cc1cc(-n2cc(CNCC3CC3)nn2)ccc1[N+](=O)[O-]. The highest BCUT2D eigenvalue weighted by Gasteiger charge is 2.20. The van der Waals surface area contributed by atoms with Crippen LogP contribution in [-0.4, -0.2) is 26.5 Å². The van der Waals surface area contributed by atoms with Gasteiger partial charge in [0.25, 0.3) is 5.69 Å². The molecule has 0 amide bonds. The molecule has 0 unspecified atom stereocenters. The van der Waals surface area contributed by atoms with Crippen molar-refractivity contribution in [2.45, 2.75) is 26.3 Å². The topological polar surface area (TPSA) is 85.9 Å². The molecule has 0 radical (unpaired) electrons. The van der Waals surface area contributed by atoms with E-state index in [4.69, 9.17) is 0 Å². The molecule has 1 aromatic heterocycles. The lowest BCUT2D eigenvalue weighted by Gasteiger charge is -2.02. The van der Waals surface area contributed by atoms with E-state index < -0.39 is 0 Å². The van der Waals surface area contributed by atoms with Crippen molar-refractivity contribution in [1.82, 2.24) is 20.3 Å². The summed E-state index contributed by atoms with van der Waals surface area (Å²) in [6.45, 7) is 3.45. The lowest BCUT2D eigenvalue weighted by molar-refractivity contribution is -0.385. The van der Waals surface area contributed by atoms with Crippen LogP contribution in [0.5, 0.6) is 0 Å². The maximum Gasteiger partial charge on any atom is 0.272 e. The van der Waals surface area contributed by atoms with E-state index in [-0.39, 0.29) is 10.6 Å². The van der Waals surface area contributed by atoms with Gasteiger partial charge >= 0.3 is 0 Å². The van der Waals surface area contributed by atoms with Gasteiger partial charge in [0.2, 0.25) is 0 Å². The number of rotatable bonds is 6. The zero-order valence-electron chi connectivity index (χ0n) is 11.8. The van der Waals surface area contributed by atoms with Gasteiger partial charge in [0.1, 0.15) is 0 Å². The van der Waals surface area contributed by atoms with E-state index in [0.29, 0.717) is 12.1 Å². The van der Waals surface area contributed by atoms with Crippen LogP contribution in [0.1, 0.15) is 24.1 Å². The van der Waals surface area contributed by atoms with Crippen molar-refractivity contribution in [3.63, 3.8) is 0 Å². The normalized spacial score (nSPS) is 14.3. The Kier molecular flexibility index (Phi) is 3.66. The summed E-state index contributed by atoms with van der Waals surface area (Å²) in [7, 11) is 0. The second kappa shape index (κ2) is 5.61. The summed E-state index contributed by atoms with van der Waals surface area (Å²) in [4.78, 5) is 10.4. The lowest BCUT2D eigenvalue weighted by atomic mass is 10.2. The number of aromatic nitrogens is 3. The molecule has 1 aromatic carbocycles. The molecule has 7 heteroatoms. The van der Waals surface area contributed by atoms with Crippen molar-refractivity contribution >= 4 is 5.69 Å². The van der Waals surface area contributed by atoms with E-state index in [1.165, 1.54) is 18.9 Å². The highest BCUT2D eigenvalue weighted by molar-refractivity contribution is 5.47. The van der Waals surface area contributed by atoms with Crippen LogP contribution in [0.4, 0.5) is 5.69 Å². The molecule has 0 atom stereocenters. The molecule has 1 N–H and O–H groups in total. The fourth-order valence-corrected chi connectivity index (χ4v) is 2.22. The van der Waals surface area contributed by atoms with Crippen LogP contribution < -0.4 is 5.32 Å². The summed E-state index contributed by atoms with van der Waals surface area (Å²) in [5, 5.41) is 22.4. The largest absolute Gasteiger partial charge is 0.311 e. The maximum absolute atomic E-state index is 10.8. The molecule has 1 saturated carbocycles. The van der Waals surface area contributed by atoms with Gasteiger partial charge in [-0.15, -0.1) is 5.10 Å². The Balaban J connectivity index is 1.69. The van der Waals surface area contributed by atoms with Crippen molar-refractivity contribution < 1.29 is 4.92 Å². The standard InChI is InChI=1S/C14H17N5O2/c1-10-6-13(4-5-14(10)19(20)21)18-9-12(16-17-18)8-15-7-11-2-3-11/h4-6,9,11,15H,2-3,7-8H2,1H3. The van der Waals surface area contributed by atoms with Gasteiger partial charge < -0.3 is 5.32 Å². The summed E-state index contributed by atoms with van der Waals surface area (Å²) >= 11 is 0. The monoisotopic (exact) mass is 287 g/mol. The predicted molar refractivity (Wildman–Crippen MR) is 77.2 cm³/mol. The Hall–Kier alpha value is -2.28. The van der Waals surface area contributed by atoms with Crippen LogP contribution in [0.25, 0.3) is 5.69 Å². The smallest absolute Gasteiger partial charge is 0.272 e. The molecule has 0 spiro atoms. The molecule has 1 fully saturated rings. The predicted octanol–water partition coefficient (Wildman–Crippen LogP) is 1.98. The Bertz CT molecular complexity index is 663. The molecule has 7 nitrogen and oxygen atoms in total. The van der Waals surface area contributed by atoms with Crippen LogP contribution in [0.3, 0.4) is 0 Å². The third-order valence-corrected chi connectivity index (χ3v) is 3.62. The van der Waals surface area contributed by atoms with E-state index in [2.05, 4.69) is 15.6 Å². The summed E-state index contributed by atoms with van der Waals surface area (Å²) in [6.07, 6.45) is 4.49. The molecule has 110 valence electrons. The molecular weight excluding hydrogens is 270 g/mol. The Morgan fingerprint density at radius 2 is 2.29 bits per heavy atom. The minimum atomic E-state index is -0.381. The van der Waals surface area contributed by atoms with Gasteiger partial charge in [0.05, 0.1) is 22.5 Å². The van der Waals surface area contributed by atoms with Crippen LogP contribution in [-0.2, 0) is 6.54 Å². The van der Waals surface area contributed by atoms with E-state index >= 15 is 0 Å². The molecule has 1 aliphatic carbocycles. The first-order valence-corrected chi connectivity index (χ1v) is 7.01. The van der Waals surface area contributed by atoms with E-state index in [0.717, 1.165) is 23.8 Å². The molecule has 2 aromatic rings. The molecule has 0 saturated heterocycles. The first-order chi connectivity index (χ1) is 10.1. The molecule has 3 rings (SSSR count). The first kappa shape index (κ1) is 13.7. The number of nitrogens with zero attached hydrogens (tertiary/aromatic N) is 4. The van der Waals surface area contributed by atoms with E-state index in [1.807, 2.05) is 6.20 Å². The van der Waals surface area contributed by atoms with Gasteiger partial charge in [-0.3, -0.25) is 10.1 Å². The van der Waals surface area contributed by atoms with Gasteiger partial charge in [-0.1, -0.05) is 5.21 Å². The molecule has 0 bridgehead atoms. The Labute approximate surface area is 122 Å². The molecule has 1 heterocycles. The summed E-state index contributed by atoms with van der Waals surface area (Å²) in [5.74, 6) is 0.831. The highest BCUT2D eigenvalue weighted by Crippen LogP contribution is 2.27. The summed E-state index contributed by atoms with van der Waals surface area (Å²) < 4.78 is 1.64. The average Bonchev–Trinajstić information content (AvgIpc) is 3.14. The quantitative estimate of drug-likeness (QED) is 0.648. The summed E-state index contributed by atoms with van der Waals surface area (Å²) in [5.41, 5.74) is 2.37. The Morgan fingerprint density at radius 3 is 2.95 bits per heavy atom. The second-order valence-electron chi connectivity index (χ2n) is 5.46. The first-order valence-electron chi connectivity index (χ1n) is 7.01. The highest BCUT2D eigenvalue weighted by atomic mass is 16.6. The fraction of sp³-hybridized carbons (Fsp3) is 0.429. The van der Waals surface area contributed by atoms with Gasteiger partial charge in [-0.05, 0) is 44.4 Å². The maximum atomic E-state index is 10.8. The number of nitro groups is 1. The van der Waals surface area contributed by atoms with Gasteiger partial charge in [-0.2, -0.15) is 0 Å². The third-order valence-electron chi connectivity index (χ3n) is 3.62.